The summed E-state index contributed by atoms with van der Waals surface area (Å²) in [6.07, 6.45) is -2.62. The molecule has 0 saturated heterocycles. The lowest BCUT2D eigenvalue weighted by molar-refractivity contribution is -0.141. The molecule has 1 atom stereocenters. The van der Waals surface area contributed by atoms with Crippen LogP contribution < -0.4 is 5.32 Å². The summed E-state index contributed by atoms with van der Waals surface area (Å²) in [5.74, 6) is 0.331. The highest BCUT2D eigenvalue weighted by Crippen LogP contribution is 2.26. The monoisotopic (exact) mass is 324 g/mol. The lowest BCUT2D eigenvalue weighted by Crippen LogP contribution is -2.34. The zero-order valence-electron chi connectivity index (χ0n) is 13.0. The molecule has 0 spiro atoms. The Kier molecular flexibility index (Phi) is 5.54. The summed E-state index contributed by atoms with van der Waals surface area (Å²) in [7, 11) is 2.00. The summed E-state index contributed by atoms with van der Waals surface area (Å²) in [5.41, 5.74) is 0.216. The molecule has 1 N–H and O–H groups in total. The van der Waals surface area contributed by atoms with Crippen LogP contribution in [0.1, 0.15) is 18.2 Å². The van der Waals surface area contributed by atoms with Crippen molar-refractivity contribution < 1.29 is 13.2 Å². The molecule has 4 nitrogen and oxygen atoms in total. The summed E-state index contributed by atoms with van der Waals surface area (Å²) in [4.78, 5) is 9.28. The van der Waals surface area contributed by atoms with Gasteiger partial charge in [0, 0.05) is 19.1 Å². The van der Waals surface area contributed by atoms with Crippen LogP contribution in [0.25, 0.3) is 0 Å². The Morgan fingerprint density at radius 3 is 2.39 bits per heavy atom. The van der Waals surface area contributed by atoms with Crippen molar-refractivity contribution in [1.82, 2.24) is 14.9 Å². The average molecular weight is 324 g/mol. The average Bonchev–Trinajstić information content (AvgIpc) is 2.53. The van der Waals surface area contributed by atoms with E-state index in [1.54, 1.807) is 0 Å². The third-order valence-electron chi connectivity index (χ3n) is 3.55. The van der Waals surface area contributed by atoms with Crippen LogP contribution in [0.5, 0.6) is 0 Å². The predicted molar refractivity (Wildman–Crippen MR) is 82.9 cm³/mol. The van der Waals surface area contributed by atoms with Gasteiger partial charge < -0.3 is 5.32 Å². The fraction of sp³-hybridized carbons (Fsp3) is 0.375. The van der Waals surface area contributed by atoms with Gasteiger partial charge in [-0.3, -0.25) is 4.90 Å². The number of anilines is 1. The van der Waals surface area contributed by atoms with Gasteiger partial charge in [0.15, 0.2) is 5.69 Å². The lowest BCUT2D eigenvalue weighted by atomic mass is 10.2. The van der Waals surface area contributed by atoms with Crippen LogP contribution in [-0.4, -0.2) is 34.5 Å². The molecule has 23 heavy (non-hydrogen) atoms. The van der Waals surface area contributed by atoms with E-state index in [1.807, 2.05) is 32.2 Å². The van der Waals surface area contributed by atoms with Crippen LogP contribution in [-0.2, 0) is 12.7 Å². The maximum absolute atomic E-state index is 12.4. The number of aromatic nitrogens is 2. The molecule has 0 aliphatic carbocycles. The van der Waals surface area contributed by atoms with Crippen molar-refractivity contribution in [3.63, 3.8) is 0 Å². The molecular formula is C16H19F3N4. The number of rotatable bonds is 6. The molecule has 1 aromatic heterocycles. The molecule has 2 rings (SSSR count). The van der Waals surface area contributed by atoms with Crippen LogP contribution in [0.15, 0.2) is 42.7 Å². The SMILES string of the molecule is CC(CNc1cnc(C(F)(F)F)cn1)N(C)Cc1ccccc1. The van der Waals surface area contributed by atoms with Crippen LogP contribution >= 0.6 is 0 Å². The van der Waals surface area contributed by atoms with Gasteiger partial charge >= 0.3 is 6.18 Å². The number of benzene rings is 1. The molecule has 1 aromatic carbocycles. The second kappa shape index (κ2) is 7.41. The normalized spacial score (nSPS) is 13.1. The summed E-state index contributed by atoms with van der Waals surface area (Å²) in [6, 6.07) is 10.2. The minimum atomic E-state index is -4.46. The molecule has 124 valence electrons. The van der Waals surface area contributed by atoms with Gasteiger partial charge in [-0.25, -0.2) is 9.97 Å². The standard InChI is InChI=1S/C16H19F3N4/c1-12(23(2)11-13-6-4-3-5-7-13)8-21-15-10-20-14(9-22-15)16(17,18)19/h3-7,9-10,12H,8,11H2,1-2H3,(H,21,22). The van der Waals surface area contributed by atoms with E-state index in [-0.39, 0.29) is 6.04 Å². The molecule has 0 bridgehead atoms. The molecule has 1 heterocycles. The quantitative estimate of drug-likeness (QED) is 0.884. The summed E-state index contributed by atoms with van der Waals surface area (Å²) in [5, 5.41) is 3.01. The molecule has 1 unspecified atom stereocenters. The maximum Gasteiger partial charge on any atom is 0.434 e. The van der Waals surface area contributed by atoms with Crippen LogP contribution in [0.4, 0.5) is 19.0 Å². The summed E-state index contributed by atoms with van der Waals surface area (Å²) in [6.45, 7) is 3.39. The van der Waals surface area contributed by atoms with E-state index < -0.39 is 11.9 Å². The highest BCUT2D eigenvalue weighted by molar-refractivity contribution is 5.31. The van der Waals surface area contributed by atoms with Gasteiger partial charge in [0.2, 0.25) is 0 Å². The van der Waals surface area contributed by atoms with Crippen molar-refractivity contribution >= 4 is 5.82 Å². The summed E-state index contributed by atoms with van der Waals surface area (Å²) < 4.78 is 37.3. The molecule has 7 heteroatoms. The van der Waals surface area contributed by atoms with E-state index in [4.69, 9.17) is 0 Å². The third-order valence-corrected chi connectivity index (χ3v) is 3.55. The maximum atomic E-state index is 12.4. The Labute approximate surface area is 133 Å². The van der Waals surface area contributed by atoms with Crippen LogP contribution in [0.3, 0.4) is 0 Å². The molecule has 0 radical (unpaired) electrons. The topological polar surface area (TPSA) is 41.1 Å². The van der Waals surface area contributed by atoms with E-state index in [0.717, 1.165) is 18.9 Å². The lowest BCUT2D eigenvalue weighted by Gasteiger charge is -2.25. The van der Waals surface area contributed by atoms with E-state index in [1.165, 1.54) is 5.56 Å². The number of nitrogens with one attached hydrogen (secondary N) is 1. The zero-order valence-corrected chi connectivity index (χ0v) is 13.0. The Morgan fingerprint density at radius 1 is 1.13 bits per heavy atom. The minimum Gasteiger partial charge on any atom is -0.367 e. The van der Waals surface area contributed by atoms with Gasteiger partial charge in [-0.2, -0.15) is 13.2 Å². The number of hydrogen-bond donors (Lipinski definition) is 1. The van der Waals surface area contributed by atoms with Gasteiger partial charge in [-0.1, -0.05) is 30.3 Å². The second-order valence-corrected chi connectivity index (χ2v) is 5.42. The number of nitrogens with zero attached hydrogens (tertiary/aromatic N) is 3. The fourth-order valence-electron chi connectivity index (χ4n) is 2.00. The molecule has 2 aromatic rings. The number of likely N-dealkylation sites (N-methyl/N-ethyl adjacent to an activating group) is 1. The molecular weight excluding hydrogens is 305 g/mol. The minimum absolute atomic E-state index is 0.180. The van der Waals surface area contributed by atoms with Crippen molar-refractivity contribution in [1.29, 1.82) is 0 Å². The summed E-state index contributed by atoms with van der Waals surface area (Å²) >= 11 is 0. The van der Waals surface area contributed by atoms with Crippen molar-refractivity contribution in [2.24, 2.45) is 0 Å². The first kappa shape index (κ1) is 17.2. The Bertz CT molecular complexity index is 599. The van der Waals surface area contributed by atoms with E-state index in [9.17, 15) is 13.2 Å². The van der Waals surface area contributed by atoms with Crippen LogP contribution in [0, 0.1) is 0 Å². The smallest absolute Gasteiger partial charge is 0.367 e. The molecule has 0 fully saturated rings. The fourth-order valence-corrected chi connectivity index (χ4v) is 2.00. The molecule has 0 aliphatic heterocycles. The van der Waals surface area contributed by atoms with Gasteiger partial charge in [0.1, 0.15) is 5.82 Å². The van der Waals surface area contributed by atoms with Crippen molar-refractivity contribution in [3.8, 4) is 0 Å². The first-order valence-electron chi connectivity index (χ1n) is 7.23. The van der Waals surface area contributed by atoms with Crippen molar-refractivity contribution in [2.75, 3.05) is 18.9 Å². The third kappa shape index (κ3) is 5.21. The molecule has 0 amide bonds. The van der Waals surface area contributed by atoms with E-state index in [2.05, 4.69) is 32.3 Å². The number of alkyl halides is 3. The number of hydrogen-bond acceptors (Lipinski definition) is 4. The largest absolute Gasteiger partial charge is 0.434 e. The highest BCUT2D eigenvalue weighted by Gasteiger charge is 2.32. The molecule has 0 saturated carbocycles. The predicted octanol–water partition coefficient (Wildman–Crippen LogP) is 3.43. The van der Waals surface area contributed by atoms with E-state index >= 15 is 0 Å². The zero-order chi connectivity index (χ0) is 16.9. The number of halogens is 3. The van der Waals surface area contributed by atoms with Gasteiger partial charge in [-0.15, -0.1) is 0 Å². The Morgan fingerprint density at radius 2 is 1.83 bits per heavy atom. The first-order valence-corrected chi connectivity index (χ1v) is 7.23. The van der Waals surface area contributed by atoms with Gasteiger partial charge in [0.05, 0.1) is 12.4 Å². The Hall–Kier alpha value is -2.15. The highest BCUT2D eigenvalue weighted by atomic mass is 19.4. The second-order valence-electron chi connectivity index (χ2n) is 5.42. The van der Waals surface area contributed by atoms with E-state index in [0.29, 0.717) is 12.4 Å². The van der Waals surface area contributed by atoms with Crippen molar-refractivity contribution in [2.45, 2.75) is 25.7 Å². The van der Waals surface area contributed by atoms with Gasteiger partial charge in [0.25, 0.3) is 0 Å². The Balaban J connectivity index is 1.85. The van der Waals surface area contributed by atoms with Gasteiger partial charge in [-0.05, 0) is 19.5 Å². The first-order chi connectivity index (χ1) is 10.9. The van der Waals surface area contributed by atoms with Crippen molar-refractivity contribution in [3.05, 3.63) is 54.0 Å². The van der Waals surface area contributed by atoms with Crippen LogP contribution in [0.2, 0.25) is 0 Å². The molecule has 0 aliphatic rings.